The first kappa shape index (κ1) is 31.1. The average Bonchev–Trinajstić information content (AvgIpc) is 3.41. The Morgan fingerprint density at radius 3 is 2.63 bits per heavy atom. The summed E-state index contributed by atoms with van der Waals surface area (Å²) in [5.74, 6) is -0.436. The zero-order valence-electron chi connectivity index (χ0n) is 24.5. The molecule has 2 fully saturated rings. The molecule has 41 heavy (non-hydrogen) atoms. The molecule has 1 aromatic heterocycles. The van der Waals surface area contributed by atoms with E-state index in [0.29, 0.717) is 26.2 Å². The molecule has 2 saturated heterocycles. The highest BCUT2D eigenvalue weighted by atomic mass is 32.1. The summed E-state index contributed by atoms with van der Waals surface area (Å²) in [5, 5.41) is 9.87. The summed E-state index contributed by atoms with van der Waals surface area (Å²) in [7, 11) is 0. The molecule has 2 aliphatic rings. The smallest absolute Gasteiger partial charge is 0.243 e. The van der Waals surface area contributed by atoms with Gasteiger partial charge in [0.15, 0.2) is 0 Å². The van der Waals surface area contributed by atoms with Gasteiger partial charge in [-0.05, 0) is 68.8 Å². The van der Waals surface area contributed by atoms with Crippen LogP contribution in [0.25, 0.3) is 10.2 Å². The van der Waals surface area contributed by atoms with Gasteiger partial charge in [0.1, 0.15) is 6.04 Å². The number of nitrogens with zero attached hydrogens (tertiary/aromatic N) is 2. The molecule has 2 aromatic rings. The lowest BCUT2D eigenvalue weighted by Crippen LogP contribution is -2.55. The zero-order valence-corrected chi connectivity index (χ0v) is 25.3. The Labute approximate surface area is 247 Å². The average molecular weight is 584 g/mol. The zero-order chi connectivity index (χ0) is 29.0. The van der Waals surface area contributed by atoms with E-state index in [4.69, 9.17) is 9.72 Å². The summed E-state index contributed by atoms with van der Waals surface area (Å²) in [6.45, 7) is 8.40. The molecule has 224 valence electrons. The number of piperidine rings is 1. The van der Waals surface area contributed by atoms with E-state index in [1.807, 2.05) is 12.1 Å². The number of hydrogen-bond acceptors (Lipinski definition) is 7. The van der Waals surface area contributed by atoms with E-state index in [1.54, 1.807) is 24.3 Å². The highest BCUT2D eigenvalue weighted by Gasteiger charge is 2.30. The SMILES string of the molecule is CCC(=O)N[C@@H](Cc1nc2ccc(CC)cc2s1)C(=O)NC(CNC(=O)/C=C/CN1CCCCC1)C1CCOCC1. The van der Waals surface area contributed by atoms with Gasteiger partial charge in [0.05, 0.1) is 15.2 Å². The van der Waals surface area contributed by atoms with E-state index >= 15 is 0 Å². The lowest BCUT2D eigenvalue weighted by atomic mass is 9.91. The van der Waals surface area contributed by atoms with Crippen LogP contribution in [0.15, 0.2) is 30.4 Å². The third-order valence-electron chi connectivity index (χ3n) is 8.00. The number of likely N-dealkylation sites (tertiary alicyclic amines) is 1. The molecule has 3 amide bonds. The summed E-state index contributed by atoms with van der Waals surface area (Å²) in [6, 6.07) is 5.20. The molecule has 0 bridgehead atoms. The third kappa shape index (κ3) is 9.61. The van der Waals surface area contributed by atoms with Gasteiger partial charge in [-0.25, -0.2) is 4.98 Å². The predicted octanol–water partition coefficient (Wildman–Crippen LogP) is 3.37. The minimum absolute atomic E-state index is 0.162. The fourth-order valence-corrected chi connectivity index (χ4v) is 6.54. The number of carbonyl (C=O) groups is 3. The van der Waals surface area contributed by atoms with Gasteiger partial charge in [-0.2, -0.15) is 0 Å². The number of amides is 3. The Morgan fingerprint density at radius 2 is 1.90 bits per heavy atom. The Kier molecular flexibility index (Phi) is 12.1. The van der Waals surface area contributed by atoms with Crippen molar-refractivity contribution in [3.05, 3.63) is 40.9 Å². The molecule has 0 spiro atoms. The molecule has 10 heteroatoms. The van der Waals surface area contributed by atoms with Crippen molar-refractivity contribution < 1.29 is 19.1 Å². The number of benzene rings is 1. The monoisotopic (exact) mass is 583 g/mol. The third-order valence-corrected chi connectivity index (χ3v) is 9.04. The van der Waals surface area contributed by atoms with Crippen LogP contribution in [0.4, 0.5) is 0 Å². The molecule has 9 nitrogen and oxygen atoms in total. The molecule has 0 radical (unpaired) electrons. The van der Waals surface area contributed by atoms with Gasteiger partial charge in [0.2, 0.25) is 17.7 Å². The van der Waals surface area contributed by atoms with Crippen LogP contribution >= 0.6 is 11.3 Å². The number of hydrogen-bond donors (Lipinski definition) is 3. The maximum absolute atomic E-state index is 13.6. The number of thiazole rings is 1. The fourth-order valence-electron chi connectivity index (χ4n) is 5.46. The van der Waals surface area contributed by atoms with Gasteiger partial charge in [0.25, 0.3) is 0 Å². The number of aryl methyl sites for hydroxylation is 1. The van der Waals surface area contributed by atoms with Crippen LogP contribution < -0.4 is 16.0 Å². The highest BCUT2D eigenvalue weighted by Crippen LogP contribution is 2.25. The first-order chi connectivity index (χ1) is 19.9. The predicted molar refractivity (Wildman–Crippen MR) is 163 cm³/mol. The molecular weight excluding hydrogens is 538 g/mol. The van der Waals surface area contributed by atoms with E-state index in [-0.39, 0.29) is 36.1 Å². The molecule has 3 heterocycles. The van der Waals surface area contributed by atoms with Crippen molar-refractivity contribution in [1.82, 2.24) is 25.8 Å². The molecule has 4 rings (SSSR count). The molecule has 1 unspecified atom stereocenters. The van der Waals surface area contributed by atoms with Crippen molar-refractivity contribution in [2.75, 3.05) is 39.4 Å². The molecule has 2 aliphatic heterocycles. The van der Waals surface area contributed by atoms with Gasteiger partial charge in [-0.1, -0.05) is 32.4 Å². The van der Waals surface area contributed by atoms with Crippen LogP contribution in [0.2, 0.25) is 0 Å². The maximum atomic E-state index is 13.6. The largest absolute Gasteiger partial charge is 0.381 e. The molecule has 0 saturated carbocycles. The number of rotatable bonds is 13. The van der Waals surface area contributed by atoms with E-state index in [0.717, 1.165) is 54.1 Å². The number of fused-ring (bicyclic) bond motifs is 1. The molecular formula is C31H45N5O4S. The van der Waals surface area contributed by atoms with Crippen LogP contribution in [0.3, 0.4) is 0 Å². The van der Waals surface area contributed by atoms with Crippen LogP contribution in [-0.2, 0) is 32.0 Å². The van der Waals surface area contributed by atoms with Crippen LogP contribution in [0.5, 0.6) is 0 Å². The molecule has 0 aliphatic carbocycles. The number of nitrogens with one attached hydrogen (secondary N) is 3. The van der Waals surface area contributed by atoms with Crippen molar-refractivity contribution in [2.24, 2.45) is 5.92 Å². The van der Waals surface area contributed by atoms with Crippen molar-refractivity contribution >= 4 is 39.3 Å². The standard InChI is InChI=1S/C31H45N5O4S/c1-3-22-10-11-24-27(19-22)41-30(34-24)20-25(33-28(37)4-2)31(39)35-26(23-12-17-40-18-13-23)21-32-29(38)9-8-16-36-14-6-5-7-15-36/h8-11,19,23,25-26H,3-7,12-18,20-21H2,1-2H3,(H,32,38)(H,33,37)(H,35,39)/b9-8+/t25-,26?/m0/s1. The fraction of sp³-hybridized carbons (Fsp3) is 0.613. The normalized spacial score (nSPS) is 18.3. The summed E-state index contributed by atoms with van der Waals surface area (Å²) >= 11 is 1.56. The van der Waals surface area contributed by atoms with E-state index in [2.05, 4.69) is 39.9 Å². The summed E-state index contributed by atoms with van der Waals surface area (Å²) in [5.41, 5.74) is 2.14. The Hall–Kier alpha value is -2.82. The van der Waals surface area contributed by atoms with E-state index < -0.39 is 6.04 Å². The summed E-state index contributed by atoms with van der Waals surface area (Å²) in [4.78, 5) is 45.8. The number of carbonyl (C=O) groups excluding carboxylic acids is 3. The second-order valence-electron chi connectivity index (χ2n) is 11.0. The van der Waals surface area contributed by atoms with Gasteiger partial charge < -0.3 is 20.7 Å². The highest BCUT2D eigenvalue weighted by molar-refractivity contribution is 7.18. The van der Waals surface area contributed by atoms with Crippen LogP contribution in [0, 0.1) is 5.92 Å². The lowest BCUT2D eigenvalue weighted by molar-refractivity contribution is -0.129. The minimum atomic E-state index is -0.754. The van der Waals surface area contributed by atoms with Gasteiger partial charge in [-0.3, -0.25) is 19.3 Å². The Bertz CT molecular complexity index is 1190. The Morgan fingerprint density at radius 1 is 1.12 bits per heavy atom. The van der Waals surface area contributed by atoms with Crippen molar-refractivity contribution in [3.8, 4) is 0 Å². The molecule has 1 aromatic carbocycles. The topological polar surface area (TPSA) is 113 Å². The van der Waals surface area contributed by atoms with E-state index in [9.17, 15) is 14.4 Å². The second kappa shape index (κ2) is 16.0. The van der Waals surface area contributed by atoms with E-state index in [1.165, 1.54) is 24.8 Å². The summed E-state index contributed by atoms with van der Waals surface area (Å²) < 4.78 is 6.63. The lowest BCUT2D eigenvalue weighted by Gasteiger charge is -2.32. The van der Waals surface area contributed by atoms with Crippen molar-refractivity contribution in [2.45, 2.75) is 77.3 Å². The Balaban J connectivity index is 1.40. The van der Waals surface area contributed by atoms with Gasteiger partial charge in [-0.15, -0.1) is 11.3 Å². The second-order valence-corrected chi connectivity index (χ2v) is 12.1. The number of aromatic nitrogens is 1. The van der Waals surface area contributed by atoms with Crippen LogP contribution in [0.1, 0.15) is 62.9 Å². The quantitative estimate of drug-likeness (QED) is 0.312. The van der Waals surface area contributed by atoms with Gasteiger partial charge in [0, 0.05) is 51.3 Å². The van der Waals surface area contributed by atoms with Crippen molar-refractivity contribution in [3.63, 3.8) is 0 Å². The first-order valence-electron chi connectivity index (χ1n) is 15.2. The molecule has 3 N–H and O–H groups in total. The summed E-state index contributed by atoms with van der Waals surface area (Å²) in [6.07, 6.45) is 10.4. The number of ether oxygens (including phenoxy) is 1. The molecule has 2 atom stereocenters. The minimum Gasteiger partial charge on any atom is -0.381 e. The van der Waals surface area contributed by atoms with Crippen LogP contribution in [-0.4, -0.2) is 79.1 Å². The first-order valence-corrected chi connectivity index (χ1v) is 16.0. The maximum Gasteiger partial charge on any atom is 0.243 e. The van der Waals surface area contributed by atoms with Gasteiger partial charge >= 0.3 is 0 Å². The van der Waals surface area contributed by atoms with Crippen molar-refractivity contribution in [1.29, 1.82) is 0 Å².